The second-order valence-corrected chi connectivity index (χ2v) is 8.19. The number of hydrogen-bond acceptors (Lipinski definition) is 6. The van der Waals surface area contributed by atoms with E-state index < -0.39 is 26.8 Å². The van der Waals surface area contributed by atoms with Crippen LogP contribution in [0.4, 0.5) is 10.1 Å². The fraction of sp³-hybridized carbons (Fsp3) is 0.333. The predicted molar refractivity (Wildman–Crippen MR) is 100 cm³/mol. The molecule has 0 aromatic heterocycles. The number of nitrogens with zero attached hydrogens (tertiary/aromatic N) is 1. The Hall–Kier alpha value is -2.56. The van der Waals surface area contributed by atoms with Gasteiger partial charge in [-0.15, -0.1) is 0 Å². The minimum atomic E-state index is -3.90. The van der Waals surface area contributed by atoms with E-state index in [0.717, 1.165) is 12.1 Å². The quantitative estimate of drug-likeness (QED) is 0.559. The zero-order valence-corrected chi connectivity index (χ0v) is 15.9. The fourth-order valence-corrected chi connectivity index (χ4v) is 4.59. The van der Waals surface area contributed by atoms with Gasteiger partial charge in [-0.05, 0) is 42.8 Å². The Bertz CT molecular complexity index is 966. The summed E-state index contributed by atoms with van der Waals surface area (Å²) in [6.45, 7) is 1.05. The lowest BCUT2D eigenvalue weighted by Crippen LogP contribution is -2.49. The molecule has 2 aromatic rings. The third kappa shape index (κ3) is 4.29. The van der Waals surface area contributed by atoms with E-state index >= 15 is 0 Å². The Kier molecular flexibility index (Phi) is 5.92. The maximum absolute atomic E-state index is 14.1. The topological polar surface area (TPSA) is 111 Å². The van der Waals surface area contributed by atoms with Crippen LogP contribution < -0.4 is 14.8 Å². The van der Waals surface area contributed by atoms with E-state index in [0.29, 0.717) is 25.1 Å². The molecule has 150 valence electrons. The molecular weight excluding hydrogens is 389 g/mol. The largest absolute Gasteiger partial charge is 0.494 e. The minimum Gasteiger partial charge on any atom is -0.494 e. The van der Waals surface area contributed by atoms with Crippen LogP contribution in [0.25, 0.3) is 0 Å². The van der Waals surface area contributed by atoms with Crippen molar-refractivity contribution in [2.24, 2.45) is 0 Å². The molecule has 10 heteroatoms. The van der Waals surface area contributed by atoms with Crippen LogP contribution >= 0.6 is 0 Å². The zero-order chi connectivity index (χ0) is 20.3. The normalized spacial score (nSPS) is 19.9. The molecule has 0 unspecified atom stereocenters. The zero-order valence-electron chi connectivity index (χ0n) is 15.1. The molecule has 2 aromatic carbocycles. The molecule has 8 nitrogen and oxygen atoms in total. The van der Waals surface area contributed by atoms with Gasteiger partial charge in [-0.2, -0.15) is 0 Å². The first kappa shape index (κ1) is 20.2. The Balaban J connectivity index is 1.84. The summed E-state index contributed by atoms with van der Waals surface area (Å²) in [4.78, 5) is 10.1. The number of rotatable bonds is 6. The van der Waals surface area contributed by atoms with Crippen LogP contribution in [0.5, 0.6) is 5.75 Å². The summed E-state index contributed by atoms with van der Waals surface area (Å²) in [5.41, 5.74) is 0.487. The lowest BCUT2D eigenvalue weighted by Gasteiger charge is -2.33. The second-order valence-electron chi connectivity index (χ2n) is 6.47. The number of hydrogen-bond donors (Lipinski definition) is 2. The van der Waals surface area contributed by atoms with E-state index in [1.54, 1.807) is 6.07 Å². The third-order valence-corrected chi connectivity index (χ3v) is 6.26. The SMILES string of the molecule is COc1ccc([C@@H]2CCNC[C@@H]2NS(=O)(=O)c2ccc([N+](=O)[O-])cc2)cc1F. The molecule has 0 radical (unpaired) electrons. The molecule has 1 fully saturated rings. The van der Waals surface area contributed by atoms with Crippen molar-refractivity contribution in [1.82, 2.24) is 10.0 Å². The number of benzene rings is 2. The minimum absolute atomic E-state index is 0.0664. The molecule has 0 bridgehead atoms. The van der Waals surface area contributed by atoms with Gasteiger partial charge >= 0.3 is 0 Å². The first-order valence-corrected chi connectivity index (χ1v) is 10.1. The van der Waals surface area contributed by atoms with Crippen LogP contribution in [-0.2, 0) is 10.0 Å². The number of nitro groups is 1. The maximum Gasteiger partial charge on any atom is 0.269 e. The molecule has 1 aliphatic rings. The number of nitrogens with one attached hydrogen (secondary N) is 2. The first-order chi connectivity index (χ1) is 13.3. The Morgan fingerprint density at radius 3 is 2.57 bits per heavy atom. The first-order valence-electron chi connectivity index (χ1n) is 8.63. The van der Waals surface area contributed by atoms with Gasteiger partial charge in [0.1, 0.15) is 0 Å². The van der Waals surface area contributed by atoms with E-state index in [1.165, 1.54) is 31.4 Å². The Morgan fingerprint density at radius 1 is 1.25 bits per heavy atom. The van der Waals surface area contributed by atoms with E-state index in [2.05, 4.69) is 10.0 Å². The standard InChI is InChI=1S/C18H20FN3O5S/c1-27-18-7-2-12(10-16(18)19)15-8-9-20-11-17(15)21-28(25,26)14-5-3-13(4-6-14)22(23)24/h2-7,10,15,17,20-21H,8-9,11H2,1H3/t15-,17-/m0/s1. The summed E-state index contributed by atoms with van der Waals surface area (Å²) in [7, 11) is -2.52. The van der Waals surface area contributed by atoms with Gasteiger partial charge in [0.15, 0.2) is 11.6 Å². The molecule has 2 N–H and O–H groups in total. The average molecular weight is 409 g/mol. The van der Waals surface area contributed by atoms with Gasteiger partial charge in [-0.25, -0.2) is 17.5 Å². The van der Waals surface area contributed by atoms with Crippen molar-refractivity contribution in [3.05, 3.63) is 64.0 Å². The van der Waals surface area contributed by atoms with Gasteiger partial charge in [0, 0.05) is 30.6 Å². The molecule has 1 heterocycles. The van der Waals surface area contributed by atoms with E-state index in [-0.39, 0.29) is 22.3 Å². The van der Waals surface area contributed by atoms with Crippen LogP contribution in [0.15, 0.2) is 47.4 Å². The number of methoxy groups -OCH3 is 1. The van der Waals surface area contributed by atoms with Gasteiger partial charge in [0.05, 0.1) is 16.9 Å². The highest BCUT2D eigenvalue weighted by Crippen LogP contribution is 2.30. The molecule has 0 aliphatic carbocycles. The van der Waals surface area contributed by atoms with Crippen molar-refractivity contribution in [2.45, 2.75) is 23.3 Å². The Morgan fingerprint density at radius 2 is 1.96 bits per heavy atom. The molecule has 3 rings (SSSR count). The predicted octanol–water partition coefficient (Wildman–Crippen LogP) is 2.17. The van der Waals surface area contributed by atoms with Crippen molar-refractivity contribution in [3.63, 3.8) is 0 Å². The van der Waals surface area contributed by atoms with Crippen molar-refractivity contribution in [3.8, 4) is 5.75 Å². The van der Waals surface area contributed by atoms with Crippen molar-refractivity contribution >= 4 is 15.7 Å². The molecule has 1 aliphatic heterocycles. The van der Waals surface area contributed by atoms with E-state index in [9.17, 15) is 22.9 Å². The van der Waals surface area contributed by atoms with Crippen molar-refractivity contribution < 1.29 is 22.5 Å². The maximum atomic E-state index is 14.1. The van der Waals surface area contributed by atoms with Crippen LogP contribution in [0.3, 0.4) is 0 Å². The Labute approximate surface area is 161 Å². The summed E-state index contributed by atoms with van der Waals surface area (Å²) in [6, 6.07) is 8.79. The molecule has 28 heavy (non-hydrogen) atoms. The molecule has 1 saturated heterocycles. The van der Waals surface area contributed by atoms with Crippen molar-refractivity contribution in [1.29, 1.82) is 0 Å². The lowest BCUT2D eigenvalue weighted by atomic mass is 9.86. The highest BCUT2D eigenvalue weighted by Gasteiger charge is 2.31. The lowest BCUT2D eigenvalue weighted by molar-refractivity contribution is -0.384. The number of piperidine rings is 1. The van der Waals surface area contributed by atoms with Crippen LogP contribution in [0, 0.1) is 15.9 Å². The molecule has 2 atom stereocenters. The summed E-state index contributed by atoms with van der Waals surface area (Å²) < 4.78 is 47.1. The summed E-state index contributed by atoms with van der Waals surface area (Å²) in [6.07, 6.45) is 0.624. The number of halogens is 1. The van der Waals surface area contributed by atoms with Gasteiger partial charge in [0.2, 0.25) is 10.0 Å². The van der Waals surface area contributed by atoms with Crippen LogP contribution in [0.1, 0.15) is 17.9 Å². The van der Waals surface area contributed by atoms with Gasteiger partial charge < -0.3 is 10.1 Å². The van der Waals surface area contributed by atoms with Crippen molar-refractivity contribution in [2.75, 3.05) is 20.2 Å². The highest BCUT2D eigenvalue weighted by molar-refractivity contribution is 7.89. The van der Waals surface area contributed by atoms with Gasteiger partial charge in [-0.3, -0.25) is 10.1 Å². The fourth-order valence-electron chi connectivity index (χ4n) is 3.31. The number of sulfonamides is 1. The number of ether oxygens (including phenoxy) is 1. The molecule has 0 saturated carbocycles. The van der Waals surface area contributed by atoms with E-state index in [4.69, 9.17) is 4.74 Å². The van der Waals surface area contributed by atoms with Gasteiger partial charge in [0.25, 0.3) is 5.69 Å². The monoisotopic (exact) mass is 409 g/mol. The average Bonchev–Trinajstić information content (AvgIpc) is 2.68. The molecule has 0 amide bonds. The third-order valence-electron chi connectivity index (χ3n) is 4.75. The van der Waals surface area contributed by atoms with Crippen LogP contribution in [-0.4, -0.2) is 39.6 Å². The molecular formula is C18H20FN3O5S. The highest BCUT2D eigenvalue weighted by atomic mass is 32.2. The summed E-state index contributed by atoms with van der Waals surface area (Å²) >= 11 is 0. The smallest absolute Gasteiger partial charge is 0.269 e. The van der Waals surface area contributed by atoms with Gasteiger partial charge in [-0.1, -0.05) is 6.07 Å². The summed E-state index contributed by atoms with van der Waals surface area (Å²) in [5.74, 6) is -0.606. The summed E-state index contributed by atoms with van der Waals surface area (Å²) in [5, 5.41) is 13.9. The number of non-ortho nitro benzene ring substituents is 1. The van der Waals surface area contributed by atoms with E-state index in [1.807, 2.05) is 0 Å². The number of nitro benzene ring substituents is 1. The second kappa shape index (κ2) is 8.21. The van der Waals surface area contributed by atoms with Crippen LogP contribution in [0.2, 0.25) is 0 Å². The molecule has 0 spiro atoms.